The molecule has 0 radical (unpaired) electrons. The number of amides is 1. The third kappa shape index (κ3) is 3.53. The van der Waals surface area contributed by atoms with E-state index in [2.05, 4.69) is 4.90 Å². The highest BCUT2D eigenvalue weighted by Gasteiger charge is 2.37. The lowest BCUT2D eigenvalue weighted by molar-refractivity contribution is -0.137. The molecule has 1 amide bonds. The zero-order valence-electron chi connectivity index (χ0n) is 14.4. The summed E-state index contributed by atoms with van der Waals surface area (Å²) >= 11 is 0. The van der Waals surface area contributed by atoms with Gasteiger partial charge < -0.3 is 15.5 Å². The van der Waals surface area contributed by atoms with Crippen LogP contribution < -0.4 is 10.6 Å². The number of alkyl halides is 3. The number of piperazine rings is 1. The molecule has 0 unspecified atom stereocenters. The van der Waals surface area contributed by atoms with Gasteiger partial charge in [0.1, 0.15) is 0 Å². The van der Waals surface area contributed by atoms with Gasteiger partial charge in [-0.15, -0.1) is 0 Å². The number of nitrogens with zero attached hydrogens (tertiary/aromatic N) is 2. The molecule has 1 aliphatic rings. The zero-order valence-corrected chi connectivity index (χ0v) is 14.4. The first kappa shape index (κ1) is 18.3. The van der Waals surface area contributed by atoms with Crippen LogP contribution in [0.15, 0.2) is 42.5 Å². The van der Waals surface area contributed by atoms with Crippen molar-refractivity contribution < 1.29 is 18.0 Å². The molecule has 1 saturated heterocycles. The molecule has 0 saturated carbocycles. The topological polar surface area (TPSA) is 49.6 Å². The number of carbonyl (C=O) groups excluding carboxylic acids is 1. The monoisotopic (exact) mass is 363 g/mol. The predicted molar refractivity (Wildman–Crippen MR) is 95.1 cm³/mol. The molecule has 138 valence electrons. The number of hydrogen-bond acceptors (Lipinski definition) is 3. The van der Waals surface area contributed by atoms with Crippen LogP contribution in [0.5, 0.6) is 0 Å². The Morgan fingerprint density at radius 2 is 1.58 bits per heavy atom. The van der Waals surface area contributed by atoms with Crippen LogP contribution >= 0.6 is 0 Å². The number of hydrogen-bond donors (Lipinski definition) is 1. The normalized spacial score (nSPS) is 15.9. The van der Waals surface area contributed by atoms with Crippen LogP contribution in [-0.4, -0.2) is 44.0 Å². The van der Waals surface area contributed by atoms with Gasteiger partial charge in [0, 0.05) is 37.3 Å². The van der Waals surface area contributed by atoms with E-state index in [0.717, 1.165) is 6.07 Å². The zero-order chi connectivity index (χ0) is 18.9. The fourth-order valence-corrected chi connectivity index (χ4v) is 3.29. The van der Waals surface area contributed by atoms with E-state index < -0.39 is 17.6 Å². The van der Waals surface area contributed by atoms with E-state index in [0.29, 0.717) is 37.3 Å². The molecule has 0 aliphatic carbocycles. The Balaban J connectivity index is 2.22. The average molecular weight is 363 g/mol. The van der Waals surface area contributed by atoms with Crippen molar-refractivity contribution >= 4 is 11.6 Å². The van der Waals surface area contributed by atoms with Gasteiger partial charge in [-0.3, -0.25) is 4.79 Å². The molecule has 26 heavy (non-hydrogen) atoms. The van der Waals surface area contributed by atoms with Gasteiger partial charge in [0.2, 0.25) is 5.91 Å². The number of primary amides is 1. The van der Waals surface area contributed by atoms with Gasteiger partial charge in [0.25, 0.3) is 0 Å². The minimum atomic E-state index is -4.49. The Morgan fingerprint density at radius 1 is 0.962 bits per heavy atom. The first-order valence-electron chi connectivity index (χ1n) is 8.32. The highest BCUT2D eigenvalue weighted by Crippen LogP contribution is 2.43. The van der Waals surface area contributed by atoms with Crippen molar-refractivity contribution in [2.45, 2.75) is 6.18 Å². The molecular formula is C19H20F3N3O. The molecule has 7 heteroatoms. The number of rotatable bonds is 3. The van der Waals surface area contributed by atoms with Crippen LogP contribution in [0, 0.1) is 0 Å². The Labute approximate surface area is 150 Å². The standard InChI is InChI=1S/C19H20F3N3O/c1-24-9-11-25(12-10-24)17-14(7-4-8-16(17)19(20,21)22)13-5-2-3-6-15(13)18(23)26/h2-8H,9-12H2,1H3,(H2,23,26). The van der Waals surface area contributed by atoms with Crippen LogP contribution in [0.4, 0.5) is 18.9 Å². The molecule has 2 aromatic rings. The minimum Gasteiger partial charge on any atom is -0.368 e. The summed E-state index contributed by atoms with van der Waals surface area (Å²) in [5.74, 6) is -0.665. The molecule has 0 bridgehead atoms. The second-order valence-electron chi connectivity index (χ2n) is 6.40. The molecule has 0 atom stereocenters. The highest BCUT2D eigenvalue weighted by atomic mass is 19.4. The van der Waals surface area contributed by atoms with Crippen molar-refractivity contribution in [2.24, 2.45) is 5.73 Å². The quantitative estimate of drug-likeness (QED) is 0.911. The lowest BCUT2D eigenvalue weighted by Gasteiger charge is -2.36. The second kappa shape index (κ2) is 6.99. The summed E-state index contributed by atoms with van der Waals surface area (Å²) in [7, 11) is 1.94. The third-order valence-corrected chi connectivity index (χ3v) is 4.64. The number of likely N-dealkylation sites (N-methyl/N-ethyl adjacent to an activating group) is 1. The minimum absolute atomic E-state index is 0.113. The molecule has 0 spiro atoms. The van der Waals surface area contributed by atoms with E-state index in [1.165, 1.54) is 12.1 Å². The smallest absolute Gasteiger partial charge is 0.368 e. The van der Waals surface area contributed by atoms with Crippen LogP contribution in [0.1, 0.15) is 15.9 Å². The van der Waals surface area contributed by atoms with Crippen LogP contribution in [0.3, 0.4) is 0 Å². The van der Waals surface area contributed by atoms with E-state index in [9.17, 15) is 18.0 Å². The fourth-order valence-electron chi connectivity index (χ4n) is 3.29. The fraction of sp³-hybridized carbons (Fsp3) is 0.316. The van der Waals surface area contributed by atoms with E-state index in [1.54, 1.807) is 29.2 Å². The van der Waals surface area contributed by atoms with Crippen molar-refractivity contribution in [1.82, 2.24) is 4.90 Å². The van der Waals surface area contributed by atoms with Gasteiger partial charge >= 0.3 is 6.18 Å². The first-order valence-corrected chi connectivity index (χ1v) is 8.32. The highest BCUT2D eigenvalue weighted by molar-refractivity contribution is 6.01. The van der Waals surface area contributed by atoms with Crippen molar-refractivity contribution in [1.29, 1.82) is 0 Å². The maximum absolute atomic E-state index is 13.7. The van der Waals surface area contributed by atoms with Crippen LogP contribution in [-0.2, 0) is 6.18 Å². The Morgan fingerprint density at radius 3 is 2.19 bits per heavy atom. The van der Waals surface area contributed by atoms with Crippen molar-refractivity contribution in [3.63, 3.8) is 0 Å². The van der Waals surface area contributed by atoms with E-state index in [-0.39, 0.29) is 11.3 Å². The summed E-state index contributed by atoms with van der Waals surface area (Å²) in [6, 6.07) is 10.6. The summed E-state index contributed by atoms with van der Waals surface area (Å²) in [4.78, 5) is 15.6. The first-order chi connectivity index (χ1) is 12.3. The second-order valence-corrected chi connectivity index (χ2v) is 6.40. The van der Waals surface area contributed by atoms with Crippen molar-refractivity contribution in [3.8, 4) is 11.1 Å². The maximum Gasteiger partial charge on any atom is 0.418 e. The van der Waals surface area contributed by atoms with Crippen LogP contribution in [0.25, 0.3) is 11.1 Å². The molecule has 1 aliphatic heterocycles. The van der Waals surface area contributed by atoms with Gasteiger partial charge in [-0.1, -0.05) is 30.3 Å². The van der Waals surface area contributed by atoms with Crippen molar-refractivity contribution in [2.75, 3.05) is 38.1 Å². The third-order valence-electron chi connectivity index (χ3n) is 4.64. The van der Waals surface area contributed by atoms with E-state index in [4.69, 9.17) is 5.73 Å². The maximum atomic E-state index is 13.7. The summed E-state index contributed by atoms with van der Waals surface area (Å²) in [6.45, 7) is 2.30. The van der Waals surface area contributed by atoms with Crippen molar-refractivity contribution in [3.05, 3.63) is 53.6 Å². The van der Waals surface area contributed by atoms with E-state index >= 15 is 0 Å². The number of benzene rings is 2. The molecule has 4 nitrogen and oxygen atoms in total. The Bertz CT molecular complexity index is 812. The Hall–Kier alpha value is -2.54. The number of para-hydroxylation sites is 1. The number of halogens is 3. The van der Waals surface area contributed by atoms with Gasteiger partial charge in [0.15, 0.2) is 0 Å². The lowest BCUT2D eigenvalue weighted by atomic mass is 9.94. The van der Waals surface area contributed by atoms with Gasteiger partial charge in [0.05, 0.1) is 11.3 Å². The largest absolute Gasteiger partial charge is 0.418 e. The number of anilines is 1. The van der Waals surface area contributed by atoms with Gasteiger partial charge in [-0.2, -0.15) is 13.2 Å². The molecule has 2 N–H and O–H groups in total. The summed E-state index contributed by atoms with van der Waals surface area (Å²) in [5.41, 5.74) is 5.86. The van der Waals surface area contributed by atoms with E-state index in [1.807, 2.05) is 7.05 Å². The Kier molecular flexibility index (Phi) is 4.91. The molecule has 1 fully saturated rings. The lowest BCUT2D eigenvalue weighted by Crippen LogP contribution is -2.45. The molecule has 3 rings (SSSR count). The van der Waals surface area contributed by atoms with Gasteiger partial charge in [-0.05, 0) is 24.7 Å². The molecule has 0 aromatic heterocycles. The molecule has 2 aromatic carbocycles. The average Bonchev–Trinajstić information content (AvgIpc) is 2.61. The summed E-state index contributed by atoms with van der Waals surface area (Å²) in [5, 5.41) is 0. The summed E-state index contributed by atoms with van der Waals surface area (Å²) in [6.07, 6.45) is -4.49. The van der Waals surface area contributed by atoms with Gasteiger partial charge in [-0.25, -0.2) is 0 Å². The summed E-state index contributed by atoms with van der Waals surface area (Å²) < 4.78 is 41.1. The molecule has 1 heterocycles. The molecular weight excluding hydrogens is 343 g/mol. The predicted octanol–water partition coefficient (Wildman–Crippen LogP) is 3.22. The SMILES string of the molecule is CN1CCN(c2c(-c3ccccc3C(N)=O)cccc2C(F)(F)F)CC1. The number of carbonyl (C=O) groups is 1. The van der Waals surface area contributed by atoms with Crippen LogP contribution in [0.2, 0.25) is 0 Å². The number of nitrogens with two attached hydrogens (primary N) is 1.